The van der Waals surface area contributed by atoms with E-state index >= 15 is 0 Å². The lowest BCUT2D eigenvalue weighted by Gasteiger charge is -1.94. The van der Waals surface area contributed by atoms with Crippen LogP contribution in [-0.2, 0) is 0 Å². The van der Waals surface area contributed by atoms with Crippen LogP contribution in [0.15, 0.2) is 0 Å². The van der Waals surface area contributed by atoms with Crippen LogP contribution in [0, 0.1) is 0 Å². The molecule has 3 heteroatoms. The van der Waals surface area contributed by atoms with Crippen molar-refractivity contribution in [1.82, 2.24) is 10.6 Å². The number of hydrogen-bond donors (Lipinski definition) is 2. The molecule has 0 bridgehead atoms. The number of nitrogens with one attached hydrogen (secondary N) is 2. The summed E-state index contributed by atoms with van der Waals surface area (Å²) in [4.78, 5) is 0. The van der Waals surface area contributed by atoms with E-state index in [2.05, 4.69) is 10.6 Å². The van der Waals surface area contributed by atoms with Crippen molar-refractivity contribution < 1.29 is 5.48 Å². The Bertz CT molecular complexity index is 31.2. The van der Waals surface area contributed by atoms with E-state index in [4.69, 9.17) is 0 Å². The van der Waals surface area contributed by atoms with Crippen molar-refractivity contribution in [1.29, 1.82) is 0 Å². The highest BCUT2D eigenvalue weighted by Crippen LogP contribution is 1.85. The van der Waals surface area contributed by atoms with Crippen LogP contribution >= 0.6 is 0 Å². The Morgan fingerprint density at radius 2 is 1.30 bits per heavy atom. The van der Waals surface area contributed by atoms with Gasteiger partial charge in [-0.05, 0) is 25.9 Å². The van der Waals surface area contributed by atoms with Gasteiger partial charge in [0.1, 0.15) is 0 Å². The lowest BCUT2D eigenvalue weighted by atomic mass is 10.3. The second kappa shape index (κ2) is 11.6. The molecule has 1 rings (SSSR count). The van der Waals surface area contributed by atoms with Gasteiger partial charge in [-0.25, -0.2) is 0 Å². The third-order valence-electron chi connectivity index (χ3n) is 1.21. The zero-order chi connectivity index (χ0) is 6.95. The lowest BCUT2D eigenvalue weighted by Crippen LogP contribution is -2.25. The van der Waals surface area contributed by atoms with E-state index in [1.54, 1.807) is 0 Å². The minimum Gasteiger partial charge on any atom is -0.412 e. The quantitative estimate of drug-likeness (QED) is 0.512. The zero-order valence-electron chi connectivity index (χ0n) is 7.04. The normalized spacial score (nSPS) is 17.4. The summed E-state index contributed by atoms with van der Waals surface area (Å²) in [6, 6.07) is 0. The lowest BCUT2D eigenvalue weighted by molar-refractivity contribution is 0.652. The first-order valence-electron chi connectivity index (χ1n) is 3.91. The van der Waals surface area contributed by atoms with Crippen molar-refractivity contribution in [2.75, 3.05) is 19.8 Å². The fourth-order valence-electron chi connectivity index (χ4n) is 0.765. The van der Waals surface area contributed by atoms with Gasteiger partial charge in [0.15, 0.2) is 0 Å². The molecule has 0 aromatic rings. The van der Waals surface area contributed by atoms with Gasteiger partial charge < -0.3 is 16.1 Å². The summed E-state index contributed by atoms with van der Waals surface area (Å²) in [6.45, 7) is 7.38. The van der Waals surface area contributed by atoms with Crippen LogP contribution in [0.2, 0.25) is 0 Å². The summed E-state index contributed by atoms with van der Waals surface area (Å²) >= 11 is 0. The van der Waals surface area contributed by atoms with Gasteiger partial charge in [-0.1, -0.05) is 13.8 Å². The molecule has 0 radical (unpaired) electrons. The Balaban J connectivity index is 0. The maximum atomic E-state index is 3.24. The monoisotopic (exact) mass is 148 g/mol. The first kappa shape index (κ1) is 12.5. The molecule has 0 spiro atoms. The van der Waals surface area contributed by atoms with Crippen LogP contribution in [-0.4, -0.2) is 25.2 Å². The van der Waals surface area contributed by atoms with Gasteiger partial charge in [-0.3, -0.25) is 0 Å². The number of hydrogen-bond acceptors (Lipinski definition) is 2. The van der Waals surface area contributed by atoms with E-state index < -0.39 is 0 Å². The summed E-state index contributed by atoms with van der Waals surface area (Å²) in [7, 11) is 0. The molecule has 4 N–H and O–H groups in total. The summed E-state index contributed by atoms with van der Waals surface area (Å²) in [5.74, 6) is 0. The van der Waals surface area contributed by atoms with Crippen LogP contribution in [0.4, 0.5) is 0 Å². The van der Waals surface area contributed by atoms with Gasteiger partial charge in [0, 0.05) is 6.67 Å². The Labute approximate surface area is 63.5 Å². The van der Waals surface area contributed by atoms with Crippen LogP contribution in [0.3, 0.4) is 0 Å². The smallest absolute Gasteiger partial charge is 0.0454 e. The second-order valence-electron chi connectivity index (χ2n) is 1.88. The van der Waals surface area contributed by atoms with Gasteiger partial charge in [-0.2, -0.15) is 0 Å². The van der Waals surface area contributed by atoms with Gasteiger partial charge in [0.05, 0.1) is 0 Å². The van der Waals surface area contributed by atoms with Crippen LogP contribution in [0.5, 0.6) is 0 Å². The molecule has 1 fully saturated rings. The Hall–Kier alpha value is -0.120. The van der Waals surface area contributed by atoms with E-state index in [0.29, 0.717) is 0 Å². The maximum Gasteiger partial charge on any atom is 0.0454 e. The number of rotatable bonds is 0. The molecule has 0 amide bonds. The molecule has 0 atom stereocenters. The first-order chi connectivity index (χ1) is 4.50. The standard InChI is InChI=1S/C5H12N2.C2H6.H2O/c1-2-4-7-5-6-3-1;1-2;/h6-7H,1-5H2;1-2H3;1H2. The molecule has 0 aromatic heterocycles. The average Bonchev–Trinajstić information content (AvgIpc) is 2.21. The highest BCUT2D eigenvalue weighted by molar-refractivity contribution is 4.54. The minimum atomic E-state index is 0. The highest BCUT2D eigenvalue weighted by Gasteiger charge is 1.92. The van der Waals surface area contributed by atoms with Crippen molar-refractivity contribution in [2.45, 2.75) is 26.7 Å². The summed E-state index contributed by atoms with van der Waals surface area (Å²) < 4.78 is 0. The molecule has 1 heterocycles. The molecule has 3 nitrogen and oxygen atoms in total. The third-order valence-corrected chi connectivity index (χ3v) is 1.21. The SMILES string of the molecule is C1CCNCNC1.CC.O. The van der Waals surface area contributed by atoms with E-state index in [1.165, 1.54) is 25.9 Å². The zero-order valence-corrected chi connectivity index (χ0v) is 7.04. The molecular weight excluding hydrogens is 128 g/mol. The van der Waals surface area contributed by atoms with Crippen molar-refractivity contribution in [2.24, 2.45) is 0 Å². The molecular formula is C7H20N2O. The van der Waals surface area contributed by atoms with Gasteiger partial charge in [-0.15, -0.1) is 0 Å². The molecule has 0 saturated carbocycles. The predicted octanol–water partition coefficient (Wildman–Crippen LogP) is 0.118. The van der Waals surface area contributed by atoms with Crippen LogP contribution in [0.1, 0.15) is 26.7 Å². The molecule has 0 aromatic carbocycles. The average molecular weight is 148 g/mol. The molecule has 10 heavy (non-hydrogen) atoms. The van der Waals surface area contributed by atoms with E-state index in [-0.39, 0.29) is 5.48 Å². The minimum absolute atomic E-state index is 0. The van der Waals surface area contributed by atoms with Crippen molar-refractivity contribution in [3.63, 3.8) is 0 Å². The van der Waals surface area contributed by atoms with E-state index in [0.717, 1.165) is 6.67 Å². The Kier molecular flexibility index (Phi) is 14.6. The molecule has 1 aliphatic heterocycles. The summed E-state index contributed by atoms with van der Waals surface area (Å²) in [5, 5.41) is 6.47. The van der Waals surface area contributed by atoms with Gasteiger partial charge in [0.2, 0.25) is 0 Å². The topological polar surface area (TPSA) is 55.6 Å². The third kappa shape index (κ3) is 7.88. The Morgan fingerprint density at radius 3 is 1.70 bits per heavy atom. The van der Waals surface area contributed by atoms with E-state index in [9.17, 15) is 0 Å². The fraction of sp³-hybridized carbons (Fsp3) is 1.00. The van der Waals surface area contributed by atoms with Gasteiger partial charge >= 0.3 is 0 Å². The largest absolute Gasteiger partial charge is 0.412 e. The van der Waals surface area contributed by atoms with Crippen molar-refractivity contribution >= 4 is 0 Å². The Morgan fingerprint density at radius 1 is 0.900 bits per heavy atom. The van der Waals surface area contributed by atoms with Crippen molar-refractivity contribution in [3.05, 3.63) is 0 Å². The first-order valence-corrected chi connectivity index (χ1v) is 3.91. The van der Waals surface area contributed by atoms with E-state index in [1.807, 2.05) is 13.8 Å². The molecule has 1 aliphatic rings. The highest BCUT2D eigenvalue weighted by atomic mass is 16.0. The molecule has 0 unspecified atom stereocenters. The molecule has 0 aliphatic carbocycles. The molecule has 64 valence electrons. The fourth-order valence-corrected chi connectivity index (χ4v) is 0.765. The predicted molar refractivity (Wildman–Crippen MR) is 45.1 cm³/mol. The van der Waals surface area contributed by atoms with Crippen molar-refractivity contribution in [3.8, 4) is 0 Å². The maximum absolute atomic E-state index is 3.24. The summed E-state index contributed by atoms with van der Waals surface area (Å²) in [5.41, 5.74) is 0. The molecule has 1 saturated heterocycles. The van der Waals surface area contributed by atoms with Gasteiger partial charge in [0.25, 0.3) is 0 Å². The van der Waals surface area contributed by atoms with Crippen LogP contribution in [0.25, 0.3) is 0 Å². The summed E-state index contributed by atoms with van der Waals surface area (Å²) in [6.07, 6.45) is 2.65. The second-order valence-corrected chi connectivity index (χ2v) is 1.88. The van der Waals surface area contributed by atoms with Crippen LogP contribution < -0.4 is 10.6 Å².